The first-order valence-corrected chi connectivity index (χ1v) is 7.70. The van der Waals surface area contributed by atoms with E-state index in [9.17, 15) is 9.59 Å². The number of aromatic nitrogens is 1. The lowest BCUT2D eigenvalue weighted by Crippen LogP contribution is -2.42. The molecule has 0 aromatic carbocycles. The van der Waals surface area contributed by atoms with Crippen LogP contribution in [0.25, 0.3) is 0 Å². The summed E-state index contributed by atoms with van der Waals surface area (Å²) in [5, 5.41) is 14.7. The van der Waals surface area contributed by atoms with Crippen LogP contribution in [0.2, 0.25) is 0 Å². The van der Waals surface area contributed by atoms with Crippen LogP contribution < -0.4 is 10.6 Å². The number of fused-ring (bicyclic) bond motifs is 1. The summed E-state index contributed by atoms with van der Waals surface area (Å²) in [6.45, 7) is 1.98. The van der Waals surface area contributed by atoms with Gasteiger partial charge in [-0.2, -0.15) is 0 Å². The van der Waals surface area contributed by atoms with Gasteiger partial charge in [-0.1, -0.05) is 19.8 Å². The molecule has 0 bridgehead atoms. The van der Waals surface area contributed by atoms with Crippen LogP contribution in [-0.4, -0.2) is 28.1 Å². The summed E-state index contributed by atoms with van der Waals surface area (Å²) in [7, 11) is 0. The number of nitrogens with one attached hydrogen (secondary N) is 2. The monoisotopic (exact) mass is 297 g/mol. The van der Waals surface area contributed by atoms with Crippen molar-refractivity contribution in [3.8, 4) is 0 Å². The molecule has 6 nitrogen and oxygen atoms in total. The van der Waals surface area contributed by atoms with Crippen molar-refractivity contribution in [2.24, 2.45) is 0 Å². The lowest BCUT2D eigenvalue weighted by Gasteiger charge is -2.13. The van der Waals surface area contributed by atoms with Gasteiger partial charge in [-0.15, -0.1) is 11.3 Å². The highest BCUT2D eigenvalue weighted by Gasteiger charge is 2.21. The maximum atomic E-state index is 11.8. The van der Waals surface area contributed by atoms with E-state index in [1.807, 2.05) is 6.92 Å². The summed E-state index contributed by atoms with van der Waals surface area (Å²) >= 11 is 1.47. The average molecular weight is 297 g/mol. The minimum atomic E-state index is -1.00. The van der Waals surface area contributed by atoms with Gasteiger partial charge in [0.2, 0.25) is 0 Å². The van der Waals surface area contributed by atoms with Gasteiger partial charge in [-0.25, -0.2) is 14.6 Å². The Morgan fingerprint density at radius 2 is 2.25 bits per heavy atom. The van der Waals surface area contributed by atoms with Crippen molar-refractivity contribution in [3.63, 3.8) is 0 Å². The van der Waals surface area contributed by atoms with Crippen molar-refractivity contribution in [2.45, 2.75) is 51.5 Å². The molecule has 0 saturated carbocycles. The van der Waals surface area contributed by atoms with E-state index in [-0.39, 0.29) is 0 Å². The Kier molecular flexibility index (Phi) is 4.94. The number of carboxylic acids is 1. The summed E-state index contributed by atoms with van der Waals surface area (Å²) in [5.74, 6) is -1.00. The summed E-state index contributed by atoms with van der Waals surface area (Å²) in [6, 6.07) is -1.34. The van der Waals surface area contributed by atoms with Gasteiger partial charge < -0.3 is 10.4 Å². The maximum Gasteiger partial charge on any atom is 0.326 e. The fourth-order valence-electron chi connectivity index (χ4n) is 2.20. The molecule has 0 aliphatic heterocycles. The van der Waals surface area contributed by atoms with Crippen LogP contribution in [0.5, 0.6) is 0 Å². The Morgan fingerprint density at radius 3 is 2.90 bits per heavy atom. The van der Waals surface area contributed by atoms with E-state index < -0.39 is 18.0 Å². The smallest absolute Gasteiger partial charge is 0.326 e. The van der Waals surface area contributed by atoms with Crippen molar-refractivity contribution < 1.29 is 14.7 Å². The lowest BCUT2D eigenvalue weighted by molar-refractivity contribution is -0.139. The van der Waals surface area contributed by atoms with Crippen LogP contribution in [-0.2, 0) is 17.6 Å². The number of carboxylic acid groups (broad SMARTS) is 1. The van der Waals surface area contributed by atoms with Crippen molar-refractivity contribution in [3.05, 3.63) is 10.6 Å². The standard InChI is InChI=1S/C13H19N3O3S/c1-2-3-5-9(11(17)18)14-12(19)16-13-15-8-6-4-7-10(8)20-13/h9H,2-7H2,1H3,(H,17,18)(H2,14,15,16,19)/t9-/m0/s1. The predicted octanol–water partition coefficient (Wildman–Crippen LogP) is 2.40. The molecule has 1 aromatic heterocycles. The van der Waals surface area contributed by atoms with Gasteiger partial charge in [0.05, 0.1) is 5.69 Å². The second-order valence-corrected chi connectivity index (χ2v) is 5.96. The first-order valence-electron chi connectivity index (χ1n) is 6.89. The van der Waals surface area contributed by atoms with E-state index in [1.54, 1.807) is 0 Å². The molecule has 0 fully saturated rings. The zero-order valence-corrected chi connectivity index (χ0v) is 12.3. The fourth-order valence-corrected chi connectivity index (χ4v) is 3.25. The van der Waals surface area contributed by atoms with Crippen LogP contribution in [0.1, 0.15) is 43.2 Å². The number of anilines is 1. The molecule has 20 heavy (non-hydrogen) atoms. The molecule has 2 rings (SSSR count). The van der Waals surface area contributed by atoms with Gasteiger partial charge in [0.25, 0.3) is 0 Å². The summed E-state index contributed by atoms with van der Waals surface area (Å²) < 4.78 is 0. The van der Waals surface area contributed by atoms with E-state index in [1.165, 1.54) is 16.2 Å². The largest absolute Gasteiger partial charge is 0.480 e. The molecule has 1 aliphatic carbocycles. The van der Waals surface area contributed by atoms with Crippen LogP contribution in [0.15, 0.2) is 0 Å². The summed E-state index contributed by atoms with van der Waals surface area (Å²) in [5.41, 5.74) is 1.06. The number of hydrogen-bond acceptors (Lipinski definition) is 4. The van der Waals surface area contributed by atoms with E-state index in [2.05, 4.69) is 15.6 Å². The quantitative estimate of drug-likeness (QED) is 0.752. The zero-order chi connectivity index (χ0) is 14.5. The molecule has 0 spiro atoms. The highest BCUT2D eigenvalue weighted by molar-refractivity contribution is 7.15. The molecular formula is C13H19N3O3S. The number of thiazole rings is 1. The number of aliphatic carboxylic acids is 1. The molecule has 3 N–H and O–H groups in total. The van der Waals surface area contributed by atoms with Crippen molar-refractivity contribution in [1.29, 1.82) is 0 Å². The van der Waals surface area contributed by atoms with Gasteiger partial charge in [-0.05, 0) is 25.7 Å². The Morgan fingerprint density at radius 1 is 1.45 bits per heavy atom. The normalized spacial score (nSPS) is 14.7. The zero-order valence-electron chi connectivity index (χ0n) is 11.4. The Bertz CT molecular complexity index is 480. The van der Waals surface area contributed by atoms with E-state index in [0.29, 0.717) is 11.6 Å². The van der Waals surface area contributed by atoms with E-state index in [4.69, 9.17) is 5.11 Å². The first-order chi connectivity index (χ1) is 9.60. The molecule has 1 atom stereocenters. The molecular weight excluding hydrogens is 278 g/mol. The second kappa shape index (κ2) is 6.69. The maximum absolute atomic E-state index is 11.8. The minimum Gasteiger partial charge on any atom is -0.480 e. The SMILES string of the molecule is CCCC[C@H](NC(=O)Nc1nc2c(s1)CCC2)C(=O)O. The van der Waals surface area contributed by atoms with Gasteiger partial charge in [-0.3, -0.25) is 5.32 Å². The van der Waals surface area contributed by atoms with Crippen LogP contribution in [0.3, 0.4) is 0 Å². The number of unbranched alkanes of at least 4 members (excludes halogenated alkanes) is 1. The molecule has 7 heteroatoms. The number of carbonyl (C=O) groups is 2. The number of carbonyl (C=O) groups excluding carboxylic acids is 1. The Hall–Kier alpha value is -1.63. The third kappa shape index (κ3) is 3.69. The molecule has 110 valence electrons. The summed E-state index contributed by atoms with van der Waals surface area (Å²) in [6.07, 6.45) is 5.20. The van der Waals surface area contributed by atoms with Gasteiger partial charge in [0.1, 0.15) is 6.04 Å². The highest BCUT2D eigenvalue weighted by Crippen LogP contribution is 2.30. The first kappa shape index (κ1) is 14.8. The fraction of sp³-hybridized carbons (Fsp3) is 0.615. The average Bonchev–Trinajstić information content (AvgIpc) is 2.94. The van der Waals surface area contributed by atoms with E-state index >= 15 is 0 Å². The van der Waals surface area contributed by atoms with Crippen LogP contribution in [0.4, 0.5) is 9.93 Å². The molecule has 1 aliphatic rings. The van der Waals surface area contributed by atoms with E-state index in [0.717, 1.165) is 37.8 Å². The number of nitrogens with zero attached hydrogens (tertiary/aromatic N) is 1. The number of rotatable bonds is 6. The topological polar surface area (TPSA) is 91.3 Å². The third-order valence-corrected chi connectivity index (χ3v) is 4.34. The van der Waals surface area contributed by atoms with Crippen molar-refractivity contribution >= 4 is 28.5 Å². The van der Waals surface area contributed by atoms with Gasteiger partial charge >= 0.3 is 12.0 Å². The highest BCUT2D eigenvalue weighted by atomic mass is 32.1. The Balaban J connectivity index is 1.88. The Labute approximate surface area is 121 Å². The minimum absolute atomic E-state index is 0.438. The molecule has 0 radical (unpaired) electrons. The second-order valence-electron chi connectivity index (χ2n) is 4.87. The molecule has 1 heterocycles. The number of amides is 2. The molecule has 0 unspecified atom stereocenters. The molecule has 1 aromatic rings. The predicted molar refractivity (Wildman–Crippen MR) is 77.2 cm³/mol. The van der Waals surface area contributed by atoms with Gasteiger partial charge in [0.15, 0.2) is 5.13 Å². The van der Waals surface area contributed by atoms with Gasteiger partial charge in [0, 0.05) is 4.88 Å². The van der Waals surface area contributed by atoms with Crippen molar-refractivity contribution in [1.82, 2.24) is 10.3 Å². The molecule has 0 saturated heterocycles. The number of aryl methyl sites for hydroxylation is 2. The third-order valence-electron chi connectivity index (χ3n) is 3.27. The number of hydrogen-bond donors (Lipinski definition) is 3. The number of urea groups is 1. The molecule has 2 amide bonds. The van der Waals surface area contributed by atoms with Crippen LogP contribution in [0, 0.1) is 0 Å². The van der Waals surface area contributed by atoms with Crippen LogP contribution >= 0.6 is 11.3 Å². The van der Waals surface area contributed by atoms with Crippen molar-refractivity contribution in [2.75, 3.05) is 5.32 Å². The lowest BCUT2D eigenvalue weighted by atomic mass is 10.1. The summed E-state index contributed by atoms with van der Waals surface area (Å²) in [4.78, 5) is 28.4.